The third kappa shape index (κ3) is 5.39. The van der Waals surface area contributed by atoms with Gasteiger partial charge >= 0.3 is 0 Å². The fourth-order valence-electron chi connectivity index (χ4n) is 2.41. The summed E-state index contributed by atoms with van der Waals surface area (Å²) in [7, 11) is 0. The summed E-state index contributed by atoms with van der Waals surface area (Å²) in [5.41, 5.74) is 5.99. The van der Waals surface area contributed by atoms with Crippen LogP contribution in [-0.4, -0.2) is 19.1 Å². The summed E-state index contributed by atoms with van der Waals surface area (Å²) >= 11 is 0. The second-order valence-electron chi connectivity index (χ2n) is 5.09. The fraction of sp³-hybridized carbons (Fsp3) is 0.533. The van der Waals surface area contributed by atoms with E-state index < -0.39 is 0 Å². The minimum Gasteiger partial charge on any atom is -0.493 e. The molecule has 1 fully saturated rings. The first kappa shape index (κ1) is 16.8. The first-order valence-electron chi connectivity index (χ1n) is 7.00. The summed E-state index contributed by atoms with van der Waals surface area (Å²) in [6.07, 6.45) is 6.59. The maximum absolute atomic E-state index is 11.1. The molecule has 112 valence electrons. The molecular weight excluding hydrogens is 276 g/mol. The van der Waals surface area contributed by atoms with Crippen LogP contribution in [0, 0.1) is 5.92 Å². The molecule has 1 amide bonds. The number of halogens is 1. The van der Waals surface area contributed by atoms with Crippen LogP contribution in [0.15, 0.2) is 24.3 Å². The van der Waals surface area contributed by atoms with Crippen LogP contribution in [0.4, 0.5) is 5.69 Å². The fourth-order valence-corrected chi connectivity index (χ4v) is 2.41. The number of carbonyl (C=O) groups excluding carboxylic acids is 1. The molecule has 0 heterocycles. The van der Waals surface area contributed by atoms with Crippen molar-refractivity contribution in [2.75, 3.05) is 18.5 Å². The van der Waals surface area contributed by atoms with Crippen molar-refractivity contribution in [2.24, 2.45) is 11.7 Å². The third-order valence-electron chi connectivity index (χ3n) is 3.53. The number of hydrogen-bond donors (Lipinski definition) is 2. The SMILES string of the molecule is Cl.NCC(=O)Nc1ccc(OCC2CCCCC2)cc1. The molecule has 3 N–H and O–H groups in total. The molecule has 1 aliphatic carbocycles. The summed E-state index contributed by atoms with van der Waals surface area (Å²) in [6.45, 7) is 0.800. The van der Waals surface area contributed by atoms with Gasteiger partial charge in [0.15, 0.2) is 0 Å². The van der Waals surface area contributed by atoms with Gasteiger partial charge in [0.05, 0.1) is 13.2 Å². The summed E-state index contributed by atoms with van der Waals surface area (Å²) in [5.74, 6) is 1.37. The minimum absolute atomic E-state index is 0. The van der Waals surface area contributed by atoms with Gasteiger partial charge in [-0.2, -0.15) is 0 Å². The van der Waals surface area contributed by atoms with Crippen LogP contribution in [0.2, 0.25) is 0 Å². The Hall–Kier alpha value is -1.26. The van der Waals surface area contributed by atoms with Gasteiger partial charge in [0.2, 0.25) is 5.91 Å². The number of rotatable bonds is 5. The van der Waals surface area contributed by atoms with E-state index in [2.05, 4.69) is 5.32 Å². The van der Waals surface area contributed by atoms with Gasteiger partial charge in [-0.3, -0.25) is 4.79 Å². The molecule has 0 aliphatic heterocycles. The van der Waals surface area contributed by atoms with Gasteiger partial charge in [-0.1, -0.05) is 19.3 Å². The zero-order valence-electron chi connectivity index (χ0n) is 11.6. The van der Waals surface area contributed by atoms with Crippen molar-refractivity contribution < 1.29 is 9.53 Å². The number of carbonyl (C=O) groups is 1. The first-order chi connectivity index (χ1) is 9.28. The molecule has 1 aromatic carbocycles. The molecule has 0 saturated heterocycles. The highest BCUT2D eigenvalue weighted by Gasteiger charge is 2.13. The van der Waals surface area contributed by atoms with E-state index in [-0.39, 0.29) is 24.9 Å². The lowest BCUT2D eigenvalue weighted by Gasteiger charge is -2.21. The van der Waals surface area contributed by atoms with Crippen molar-refractivity contribution in [3.8, 4) is 5.75 Å². The average molecular weight is 299 g/mol. The third-order valence-corrected chi connectivity index (χ3v) is 3.53. The molecule has 0 radical (unpaired) electrons. The smallest absolute Gasteiger partial charge is 0.238 e. The summed E-state index contributed by atoms with van der Waals surface area (Å²) < 4.78 is 5.79. The van der Waals surface area contributed by atoms with Gasteiger partial charge in [0, 0.05) is 5.69 Å². The Labute approximate surface area is 126 Å². The van der Waals surface area contributed by atoms with Crippen LogP contribution >= 0.6 is 12.4 Å². The normalized spacial score (nSPS) is 15.2. The predicted molar refractivity (Wildman–Crippen MR) is 83.4 cm³/mol. The molecule has 5 heteroatoms. The Bertz CT molecular complexity index is 403. The van der Waals surface area contributed by atoms with Crippen LogP contribution in [0.3, 0.4) is 0 Å². The Morgan fingerprint density at radius 3 is 2.45 bits per heavy atom. The van der Waals surface area contributed by atoms with Gasteiger partial charge in [0.25, 0.3) is 0 Å². The van der Waals surface area contributed by atoms with Crippen LogP contribution in [0.1, 0.15) is 32.1 Å². The van der Waals surface area contributed by atoms with E-state index in [4.69, 9.17) is 10.5 Å². The zero-order chi connectivity index (χ0) is 13.5. The molecule has 2 rings (SSSR count). The highest BCUT2D eigenvalue weighted by atomic mass is 35.5. The quantitative estimate of drug-likeness (QED) is 0.878. The summed E-state index contributed by atoms with van der Waals surface area (Å²) in [4.78, 5) is 11.1. The number of benzene rings is 1. The van der Waals surface area contributed by atoms with Crippen molar-refractivity contribution in [2.45, 2.75) is 32.1 Å². The molecule has 0 spiro atoms. The second kappa shape index (κ2) is 8.82. The van der Waals surface area contributed by atoms with Crippen molar-refractivity contribution in [3.63, 3.8) is 0 Å². The number of nitrogens with two attached hydrogens (primary N) is 1. The standard InChI is InChI=1S/C15H22N2O2.ClH/c16-10-15(18)17-13-6-8-14(9-7-13)19-11-12-4-2-1-3-5-12;/h6-9,12H,1-5,10-11,16H2,(H,17,18);1H. The van der Waals surface area contributed by atoms with Crippen LogP contribution in [0.25, 0.3) is 0 Å². The summed E-state index contributed by atoms with van der Waals surface area (Å²) in [6, 6.07) is 7.44. The lowest BCUT2D eigenvalue weighted by molar-refractivity contribution is -0.114. The number of hydrogen-bond acceptors (Lipinski definition) is 3. The van der Waals surface area contributed by atoms with Crippen molar-refractivity contribution in [3.05, 3.63) is 24.3 Å². The molecule has 0 atom stereocenters. The molecule has 0 unspecified atom stereocenters. The molecule has 20 heavy (non-hydrogen) atoms. The average Bonchev–Trinajstić information content (AvgIpc) is 2.47. The topological polar surface area (TPSA) is 64.4 Å². The van der Waals surface area contributed by atoms with Crippen LogP contribution < -0.4 is 15.8 Å². The Morgan fingerprint density at radius 1 is 1.20 bits per heavy atom. The first-order valence-corrected chi connectivity index (χ1v) is 7.00. The maximum Gasteiger partial charge on any atom is 0.238 e. The van der Waals surface area contributed by atoms with E-state index in [1.54, 1.807) is 0 Å². The number of amides is 1. The summed E-state index contributed by atoms with van der Waals surface area (Å²) in [5, 5.41) is 2.70. The molecule has 1 saturated carbocycles. The Kier molecular flexibility index (Phi) is 7.41. The van der Waals surface area contributed by atoms with E-state index in [9.17, 15) is 4.79 Å². The minimum atomic E-state index is -0.184. The number of ether oxygens (including phenoxy) is 1. The molecule has 0 bridgehead atoms. The van der Waals surface area contributed by atoms with E-state index in [1.165, 1.54) is 32.1 Å². The Morgan fingerprint density at radius 2 is 1.85 bits per heavy atom. The maximum atomic E-state index is 11.1. The van der Waals surface area contributed by atoms with Gasteiger partial charge in [-0.05, 0) is 43.0 Å². The van der Waals surface area contributed by atoms with E-state index in [1.807, 2.05) is 24.3 Å². The highest BCUT2D eigenvalue weighted by molar-refractivity contribution is 5.92. The molecule has 1 aliphatic rings. The largest absolute Gasteiger partial charge is 0.493 e. The molecular formula is C15H23ClN2O2. The highest BCUT2D eigenvalue weighted by Crippen LogP contribution is 2.25. The van der Waals surface area contributed by atoms with Crippen molar-refractivity contribution in [1.82, 2.24) is 0 Å². The van der Waals surface area contributed by atoms with Crippen LogP contribution in [-0.2, 0) is 4.79 Å². The second-order valence-corrected chi connectivity index (χ2v) is 5.09. The van der Waals surface area contributed by atoms with Gasteiger partial charge in [-0.25, -0.2) is 0 Å². The molecule has 1 aromatic rings. The van der Waals surface area contributed by atoms with Gasteiger partial charge in [-0.15, -0.1) is 12.4 Å². The predicted octanol–water partition coefficient (Wildman–Crippen LogP) is 2.96. The van der Waals surface area contributed by atoms with Gasteiger partial charge < -0.3 is 15.8 Å². The van der Waals surface area contributed by atoms with Crippen molar-refractivity contribution in [1.29, 1.82) is 0 Å². The number of anilines is 1. The van der Waals surface area contributed by atoms with Crippen LogP contribution in [0.5, 0.6) is 5.75 Å². The Balaban J connectivity index is 0.00000200. The zero-order valence-corrected chi connectivity index (χ0v) is 12.5. The number of nitrogens with one attached hydrogen (secondary N) is 1. The van der Waals surface area contributed by atoms with E-state index in [0.717, 1.165) is 18.0 Å². The van der Waals surface area contributed by atoms with E-state index >= 15 is 0 Å². The molecule has 4 nitrogen and oxygen atoms in total. The lowest BCUT2D eigenvalue weighted by atomic mass is 9.90. The van der Waals surface area contributed by atoms with E-state index in [0.29, 0.717) is 5.92 Å². The molecule has 0 aromatic heterocycles. The van der Waals surface area contributed by atoms with Crippen molar-refractivity contribution >= 4 is 24.0 Å². The van der Waals surface area contributed by atoms with Gasteiger partial charge in [0.1, 0.15) is 5.75 Å². The lowest BCUT2D eigenvalue weighted by Crippen LogP contribution is -2.21. The monoisotopic (exact) mass is 298 g/mol.